The predicted octanol–water partition coefficient (Wildman–Crippen LogP) is 3.90. The molecule has 120 valence electrons. The van der Waals surface area contributed by atoms with Gasteiger partial charge < -0.3 is 4.90 Å². The summed E-state index contributed by atoms with van der Waals surface area (Å²) in [5.74, 6) is 0.0718. The lowest BCUT2D eigenvalue weighted by atomic mass is 10.00. The molecule has 0 atom stereocenters. The normalized spacial score (nSPS) is 14.0. The summed E-state index contributed by atoms with van der Waals surface area (Å²) >= 11 is 0. The van der Waals surface area contributed by atoms with Gasteiger partial charge in [0, 0.05) is 30.8 Å². The van der Waals surface area contributed by atoms with Crippen molar-refractivity contribution in [1.29, 1.82) is 0 Å². The van der Waals surface area contributed by atoms with Crippen LogP contribution in [0.1, 0.15) is 49.7 Å². The first-order chi connectivity index (χ1) is 11.1. The summed E-state index contributed by atoms with van der Waals surface area (Å²) in [6.45, 7) is 7.39. The van der Waals surface area contributed by atoms with Crippen molar-refractivity contribution >= 4 is 11.5 Å². The third kappa shape index (κ3) is 3.11. The highest BCUT2D eigenvalue weighted by molar-refractivity contribution is 5.94. The minimum atomic E-state index is 0.0718. The smallest absolute Gasteiger partial charge is 0.180 e. The van der Waals surface area contributed by atoms with Crippen LogP contribution in [0.15, 0.2) is 30.6 Å². The molecule has 3 heterocycles. The van der Waals surface area contributed by atoms with Crippen molar-refractivity contribution in [2.24, 2.45) is 0 Å². The van der Waals surface area contributed by atoms with Crippen molar-refractivity contribution in [1.82, 2.24) is 9.97 Å². The summed E-state index contributed by atoms with van der Waals surface area (Å²) in [5, 5.41) is 0. The predicted molar refractivity (Wildman–Crippen MR) is 92.9 cm³/mol. The summed E-state index contributed by atoms with van der Waals surface area (Å²) in [6, 6.07) is 6.39. The van der Waals surface area contributed by atoms with Crippen LogP contribution in [0.4, 0.5) is 5.69 Å². The van der Waals surface area contributed by atoms with Crippen LogP contribution in [0.5, 0.6) is 0 Å². The Bertz CT molecular complexity index is 707. The number of nitrogens with zero attached hydrogens (tertiary/aromatic N) is 3. The standard InChI is InChI=1S/C19H23N3O/c1-4-19(23)16-8-7-15(11-20-16)17-10-14-6-5-9-22(13(2)3)18(14)12-21-17/h7-8,10-13H,4-6,9H2,1-3H3. The van der Waals surface area contributed by atoms with Gasteiger partial charge in [-0.15, -0.1) is 0 Å². The second kappa shape index (κ2) is 6.49. The maximum Gasteiger partial charge on any atom is 0.180 e. The second-order valence-electron chi connectivity index (χ2n) is 6.30. The molecule has 0 fully saturated rings. The Kier molecular flexibility index (Phi) is 4.42. The molecular formula is C19H23N3O. The molecule has 0 aliphatic carbocycles. The van der Waals surface area contributed by atoms with Gasteiger partial charge in [0.05, 0.1) is 17.6 Å². The van der Waals surface area contributed by atoms with E-state index in [1.54, 1.807) is 12.3 Å². The molecule has 2 aromatic rings. The number of anilines is 1. The summed E-state index contributed by atoms with van der Waals surface area (Å²) in [6.07, 6.45) is 6.48. The quantitative estimate of drug-likeness (QED) is 0.804. The number of Topliss-reactive ketones (excluding diaryl/α,β-unsaturated/α-hetero) is 1. The highest BCUT2D eigenvalue weighted by Gasteiger charge is 2.20. The van der Waals surface area contributed by atoms with Crippen molar-refractivity contribution in [3.05, 3.63) is 41.9 Å². The maximum absolute atomic E-state index is 11.7. The average molecular weight is 309 g/mol. The van der Waals surface area contributed by atoms with Crippen molar-refractivity contribution in [3.8, 4) is 11.3 Å². The number of aryl methyl sites for hydroxylation is 1. The molecule has 3 rings (SSSR count). The molecule has 0 radical (unpaired) electrons. The van der Waals surface area contributed by atoms with Crippen LogP contribution in [-0.2, 0) is 6.42 Å². The van der Waals surface area contributed by atoms with Crippen LogP contribution in [0.2, 0.25) is 0 Å². The number of carbonyl (C=O) groups excluding carboxylic acids is 1. The highest BCUT2D eigenvalue weighted by Crippen LogP contribution is 2.30. The lowest BCUT2D eigenvalue weighted by molar-refractivity contribution is 0.0983. The number of rotatable bonds is 4. The van der Waals surface area contributed by atoms with Crippen LogP contribution >= 0.6 is 0 Å². The van der Waals surface area contributed by atoms with E-state index in [2.05, 4.69) is 34.8 Å². The van der Waals surface area contributed by atoms with Crippen LogP contribution in [-0.4, -0.2) is 28.3 Å². The SMILES string of the molecule is CCC(=O)c1ccc(-c2cc3c(cn2)N(C(C)C)CCC3)cn1. The van der Waals surface area contributed by atoms with E-state index in [0.29, 0.717) is 18.2 Å². The van der Waals surface area contributed by atoms with Crippen LogP contribution in [0.3, 0.4) is 0 Å². The monoisotopic (exact) mass is 309 g/mol. The fourth-order valence-corrected chi connectivity index (χ4v) is 3.09. The molecule has 2 aromatic heterocycles. The van der Waals surface area contributed by atoms with E-state index in [9.17, 15) is 4.79 Å². The van der Waals surface area contributed by atoms with Gasteiger partial charge in [-0.3, -0.25) is 14.8 Å². The molecule has 1 aliphatic heterocycles. The van der Waals surface area contributed by atoms with Gasteiger partial charge >= 0.3 is 0 Å². The van der Waals surface area contributed by atoms with E-state index in [0.717, 1.165) is 24.2 Å². The van der Waals surface area contributed by atoms with Gasteiger partial charge in [-0.25, -0.2) is 0 Å². The molecule has 0 unspecified atom stereocenters. The van der Waals surface area contributed by atoms with Crippen molar-refractivity contribution < 1.29 is 4.79 Å². The first-order valence-corrected chi connectivity index (χ1v) is 8.35. The van der Waals surface area contributed by atoms with E-state index >= 15 is 0 Å². The lowest BCUT2D eigenvalue weighted by Gasteiger charge is -2.34. The molecular weight excluding hydrogens is 286 g/mol. The fraction of sp³-hybridized carbons (Fsp3) is 0.421. The maximum atomic E-state index is 11.7. The summed E-state index contributed by atoms with van der Waals surface area (Å²) in [7, 11) is 0. The molecule has 4 nitrogen and oxygen atoms in total. The number of carbonyl (C=O) groups is 1. The number of pyridine rings is 2. The third-order valence-electron chi connectivity index (χ3n) is 4.41. The van der Waals surface area contributed by atoms with E-state index in [1.807, 2.05) is 19.2 Å². The fourth-order valence-electron chi connectivity index (χ4n) is 3.09. The first kappa shape index (κ1) is 15.7. The van der Waals surface area contributed by atoms with Gasteiger partial charge in [0.15, 0.2) is 5.78 Å². The minimum absolute atomic E-state index is 0.0718. The van der Waals surface area contributed by atoms with Crippen LogP contribution < -0.4 is 4.90 Å². The summed E-state index contributed by atoms with van der Waals surface area (Å²) in [5.41, 5.74) is 5.02. The largest absolute Gasteiger partial charge is 0.368 e. The minimum Gasteiger partial charge on any atom is -0.368 e. The Morgan fingerprint density at radius 3 is 2.74 bits per heavy atom. The Morgan fingerprint density at radius 2 is 2.09 bits per heavy atom. The molecule has 23 heavy (non-hydrogen) atoms. The van der Waals surface area contributed by atoms with Gasteiger partial charge in [-0.05, 0) is 50.5 Å². The van der Waals surface area contributed by atoms with Gasteiger partial charge in [0.2, 0.25) is 0 Å². The first-order valence-electron chi connectivity index (χ1n) is 8.35. The Hall–Kier alpha value is -2.23. The number of aromatic nitrogens is 2. The second-order valence-corrected chi connectivity index (χ2v) is 6.30. The Balaban J connectivity index is 1.91. The van der Waals surface area contributed by atoms with E-state index < -0.39 is 0 Å². The van der Waals surface area contributed by atoms with Crippen LogP contribution in [0, 0.1) is 0 Å². The lowest BCUT2D eigenvalue weighted by Crippen LogP contribution is -2.35. The van der Waals surface area contributed by atoms with Crippen LogP contribution in [0.25, 0.3) is 11.3 Å². The van der Waals surface area contributed by atoms with E-state index in [1.165, 1.54) is 17.7 Å². The molecule has 0 spiro atoms. The highest BCUT2D eigenvalue weighted by atomic mass is 16.1. The van der Waals surface area contributed by atoms with Gasteiger partial charge in [-0.2, -0.15) is 0 Å². The van der Waals surface area contributed by atoms with Gasteiger partial charge in [0.25, 0.3) is 0 Å². The van der Waals surface area contributed by atoms with Crippen molar-refractivity contribution in [2.75, 3.05) is 11.4 Å². The number of hydrogen-bond acceptors (Lipinski definition) is 4. The number of fused-ring (bicyclic) bond motifs is 1. The molecule has 0 aromatic carbocycles. The number of ketones is 1. The number of hydrogen-bond donors (Lipinski definition) is 0. The average Bonchev–Trinajstić information content (AvgIpc) is 2.60. The zero-order valence-corrected chi connectivity index (χ0v) is 14.0. The van der Waals surface area contributed by atoms with Gasteiger partial charge in [-0.1, -0.05) is 6.92 Å². The Labute approximate surface area is 137 Å². The molecule has 0 N–H and O–H groups in total. The topological polar surface area (TPSA) is 46.1 Å². The van der Waals surface area contributed by atoms with Crippen molar-refractivity contribution in [3.63, 3.8) is 0 Å². The third-order valence-corrected chi connectivity index (χ3v) is 4.41. The molecule has 1 aliphatic rings. The van der Waals surface area contributed by atoms with E-state index in [4.69, 9.17) is 0 Å². The molecule has 0 amide bonds. The van der Waals surface area contributed by atoms with Crippen molar-refractivity contribution in [2.45, 2.75) is 46.1 Å². The molecule has 0 saturated heterocycles. The summed E-state index contributed by atoms with van der Waals surface area (Å²) < 4.78 is 0. The molecule has 4 heteroatoms. The van der Waals surface area contributed by atoms with Gasteiger partial charge in [0.1, 0.15) is 5.69 Å². The molecule has 0 saturated carbocycles. The summed E-state index contributed by atoms with van der Waals surface area (Å²) in [4.78, 5) is 23.0. The zero-order valence-electron chi connectivity index (χ0n) is 14.0. The molecule has 0 bridgehead atoms. The Morgan fingerprint density at radius 1 is 1.26 bits per heavy atom. The zero-order chi connectivity index (χ0) is 16.4. The van der Waals surface area contributed by atoms with E-state index in [-0.39, 0.29) is 5.78 Å².